The quantitative estimate of drug-likeness (QED) is 0.626. The molecule has 4 nitrogen and oxygen atoms in total. The number of carbonyl (C=O) groups excluding carboxylic acids is 1. The molecule has 92 valence electrons. The predicted octanol–water partition coefficient (Wildman–Crippen LogP) is 2.43. The maximum absolute atomic E-state index is 11.3. The molecule has 0 unspecified atom stereocenters. The number of ether oxygens (including phenoxy) is 1. The van der Waals surface area contributed by atoms with Crippen molar-refractivity contribution in [1.82, 2.24) is 4.98 Å². The number of hydrogen-bond acceptors (Lipinski definition) is 5. The summed E-state index contributed by atoms with van der Waals surface area (Å²) in [6, 6.07) is 3.73. The molecule has 2 heterocycles. The Labute approximate surface area is 109 Å². The van der Waals surface area contributed by atoms with E-state index in [1.807, 2.05) is 24.4 Å². The molecule has 0 saturated heterocycles. The molecule has 18 heavy (non-hydrogen) atoms. The summed E-state index contributed by atoms with van der Waals surface area (Å²) in [6.07, 6.45) is 5.12. The third-order valence-corrected chi connectivity index (χ3v) is 3.05. The molecular weight excluding hydrogens is 250 g/mol. The van der Waals surface area contributed by atoms with Gasteiger partial charge in [0.25, 0.3) is 0 Å². The van der Waals surface area contributed by atoms with Crippen LogP contribution in [0.3, 0.4) is 0 Å². The van der Waals surface area contributed by atoms with E-state index in [0.717, 1.165) is 10.8 Å². The number of carbonyl (C=O) groups is 1. The molecular formula is C13H11NO3S. The lowest BCUT2D eigenvalue weighted by molar-refractivity contribution is -0.141. The lowest BCUT2D eigenvalue weighted by Crippen LogP contribution is -2.08. The van der Waals surface area contributed by atoms with Crippen molar-refractivity contribution in [3.8, 4) is 23.1 Å². The maximum atomic E-state index is 11.3. The Morgan fingerprint density at radius 2 is 2.44 bits per heavy atom. The molecule has 0 bridgehead atoms. The zero-order chi connectivity index (χ0) is 13.0. The molecule has 0 radical (unpaired) electrons. The second kappa shape index (κ2) is 5.52. The summed E-state index contributed by atoms with van der Waals surface area (Å²) in [6.45, 7) is 1.86. The second-order valence-corrected chi connectivity index (χ2v) is 4.45. The normalized spacial score (nSPS) is 10.0. The van der Waals surface area contributed by atoms with Gasteiger partial charge in [0.1, 0.15) is 5.76 Å². The Bertz CT molecular complexity index is 591. The van der Waals surface area contributed by atoms with E-state index >= 15 is 0 Å². The highest BCUT2D eigenvalue weighted by atomic mass is 32.1. The molecule has 0 saturated carbocycles. The maximum Gasteiger partial charge on any atom is 0.312 e. The minimum atomic E-state index is -0.375. The van der Waals surface area contributed by atoms with Crippen molar-refractivity contribution in [3.63, 3.8) is 0 Å². The van der Waals surface area contributed by atoms with Crippen LogP contribution in [-0.4, -0.2) is 17.6 Å². The van der Waals surface area contributed by atoms with Crippen LogP contribution in [0.4, 0.5) is 0 Å². The van der Waals surface area contributed by atoms with Gasteiger partial charge < -0.3 is 9.15 Å². The van der Waals surface area contributed by atoms with Crippen molar-refractivity contribution in [3.05, 3.63) is 29.0 Å². The number of aromatic nitrogens is 1. The molecule has 5 heteroatoms. The van der Waals surface area contributed by atoms with E-state index in [2.05, 4.69) is 10.9 Å². The number of nitrogens with zero attached hydrogens (tertiary/aromatic N) is 1. The van der Waals surface area contributed by atoms with Gasteiger partial charge in [-0.2, -0.15) is 0 Å². The summed E-state index contributed by atoms with van der Waals surface area (Å²) in [5.41, 5.74) is 0.658. The number of hydrogen-bond donors (Lipinski definition) is 0. The van der Waals surface area contributed by atoms with Gasteiger partial charge in [-0.25, -0.2) is 4.98 Å². The molecule has 0 fully saturated rings. The van der Waals surface area contributed by atoms with E-state index in [-0.39, 0.29) is 19.0 Å². The zero-order valence-corrected chi connectivity index (χ0v) is 10.6. The van der Waals surface area contributed by atoms with Crippen LogP contribution in [0.25, 0.3) is 10.8 Å². The average Bonchev–Trinajstić information content (AvgIpc) is 2.95. The van der Waals surface area contributed by atoms with Crippen LogP contribution >= 0.6 is 11.3 Å². The van der Waals surface area contributed by atoms with Crippen LogP contribution in [0.1, 0.15) is 11.5 Å². The van der Waals surface area contributed by atoms with Crippen molar-refractivity contribution >= 4 is 17.3 Å². The topological polar surface area (TPSA) is 52.3 Å². The second-order valence-electron chi connectivity index (χ2n) is 3.60. The van der Waals surface area contributed by atoms with E-state index in [4.69, 9.17) is 15.6 Å². The summed E-state index contributed by atoms with van der Waals surface area (Å²) >= 11 is 1.43. The van der Waals surface area contributed by atoms with Crippen molar-refractivity contribution < 1.29 is 13.9 Å². The van der Waals surface area contributed by atoms with Gasteiger partial charge in [0.2, 0.25) is 0 Å². The third kappa shape index (κ3) is 2.99. The molecule has 0 N–H and O–H groups in total. The molecule has 0 spiro atoms. The molecule has 0 aromatic carbocycles. The number of esters is 1. The summed E-state index contributed by atoms with van der Waals surface area (Å²) in [4.78, 5) is 15.7. The number of rotatable bonds is 4. The average molecular weight is 261 g/mol. The standard InChI is InChI=1S/C13H11NO3S/c1-3-6-16-12(15)7-10-8-18-13(14-10)11-5-4-9(2)17-11/h1,4-5,8H,6-7H2,2H3. The van der Waals surface area contributed by atoms with E-state index in [1.165, 1.54) is 11.3 Å². The fourth-order valence-electron chi connectivity index (χ4n) is 1.37. The molecule has 0 aliphatic carbocycles. The fraction of sp³-hybridized carbons (Fsp3) is 0.231. The minimum Gasteiger partial charge on any atom is -0.459 e. The van der Waals surface area contributed by atoms with Crippen molar-refractivity contribution in [2.45, 2.75) is 13.3 Å². The van der Waals surface area contributed by atoms with Crippen LogP contribution in [0.5, 0.6) is 0 Å². The van der Waals surface area contributed by atoms with Gasteiger partial charge >= 0.3 is 5.97 Å². The smallest absolute Gasteiger partial charge is 0.312 e. The van der Waals surface area contributed by atoms with E-state index in [9.17, 15) is 4.79 Å². The first-order valence-electron chi connectivity index (χ1n) is 5.29. The first-order chi connectivity index (χ1) is 8.69. The van der Waals surface area contributed by atoms with E-state index in [1.54, 1.807) is 0 Å². The molecule has 2 rings (SSSR count). The van der Waals surface area contributed by atoms with Crippen LogP contribution < -0.4 is 0 Å². The fourth-order valence-corrected chi connectivity index (χ4v) is 2.15. The lowest BCUT2D eigenvalue weighted by atomic mass is 10.3. The van der Waals surface area contributed by atoms with Crippen LogP contribution in [0.15, 0.2) is 21.9 Å². The number of terminal acetylenes is 1. The summed E-state index contributed by atoms with van der Waals surface area (Å²) in [5, 5.41) is 2.56. The Kier molecular flexibility index (Phi) is 3.80. The van der Waals surface area contributed by atoms with Gasteiger partial charge in [0.15, 0.2) is 17.4 Å². The largest absolute Gasteiger partial charge is 0.459 e. The zero-order valence-electron chi connectivity index (χ0n) is 9.80. The highest BCUT2D eigenvalue weighted by molar-refractivity contribution is 7.13. The summed E-state index contributed by atoms with van der Waals surface area (Å²) in [7, 11) is 0. The van der Waals surface area contributed by atoms with Crippen molar-refractivity contribution in [2.75, 3.05) is 6.61 Å². The van der Waals surface area contributed by atoms with Gasteiger partial charge in [0.05, 0.1) is 12.1 Å². The highest BCUT2D eigenvalue weighted by Crippen LogP contribution is 2.25. The highest BCUT2D eigenvalue weighted by Gasteiger charge is 2.11. The Balaban J connectivity index is 2.03. The SMILES string of the molecule is C#CCOC(=O)Cc1csc(-c2ccc(C)o2)n1. The number of aryl methyl sites for hydroxylation is 1. The van der Waals surface area contributed by atoms with Crippen molar-refractivity contribution in [2.24, 2.45) is 0 Å². The van der Waals surface area contributed by atoms with Crippen LogP contribution in [-0.2, 0) is 16.0 Å². The lowest BCUT2D eigenvalue weighted by Gasteiger charge is -1.97. The molecule has 0 aliphatic rings. The van der Waals surface area contributed by atoms with Crippen LogP contribution in [0.2, 0.25) is 0 Å². The monoisotopic (exact) mass is 261 g/mol. The van der Waals surface area contributed by atoms with E-state index in [0.29, 0.717) is 11.5 Å². The molecule has 2 aromatic rings. The first-order valence-corrected chi connectivity index (χ1v) is 6.17. The number of thiazole rings is 1. The minimum absolute atomic E-state index is 0.00674. The Hall–Kier alpha value is -2.06. The van der Waals surface area contributed by atoms with Crippen LogP contribution in [0, 0.1) is 19.3 Å². The van der Waals surface area contributed by atoms with Gasteiger partial charge in [-0.15, -0.1) is 17.8 Å². The molecule has 0 amide bonds. The molecule has 0 atom stereocenters. The summed E-state index contributed by atoms with van der Waals surface area (Å²) in [5.74, 6) is 3.41. The van der Waals surface area contributed by atoms with E-state index < -0.39 is 0 Å². The van der Waals surface area contributed by atoms with Gasteiger partial charge in [-0.3, -0.25) is 4.79 Å². The first kappa shape index (κ1) is 12.4. The Morgan fingerprint density at radius 3 is 3.11 bits per heavy atom. The predicted molar refractivity (Wildman–Crippen MR) is 68.0 cm³/mol. The Morgan fingerprint density at radius 1 is 1.61 bits per heavy atom. The summed E-state index contributed by atoms with van der Waals surface area (Å²) < 4.78 is 10.2. The molecule has 0 aliphatic heterocycles. The van der Waals surface area contributed by atoms with Gasteiger partial charge in [-0.05, 0) is 19.1 Å². The molecule has 2 aromatic heterocycles. The van der Waals surface area contributed by atoms with Gasteiger partial charge in [0, 0.05) is 5.38 Å². The van der Waals surface area contributed by atoms with Gasteiger partial charge in [-0.1, -0.05) is 5.92 Å². The number of furan rings is 1. The van der Waals surface area contributed by atoms with Crippen molar-refractivity contribution in [1.29, 1.82) is 0 Å². The third-order valence-electron chi connectivity index (χ3n) is 2.14.